The molecule has 1 saturated carbocycles. The van der Waals surface area contributed by atoms with Crippen LogP contribution in [-0.4, -0.2) is 22.0 Å². The van der Waals surface area contributed by atoms with E-state index in [0.29, 0.717) is 11.5 Å². The highest BCUT2D eigenvalue weighted by molar-refractivity contribution is 7.15. The zero-order chi connectivity index (χ0) is 13.3. The Hall–Kier alpha value is -0.870. The van der Waals surface area contributed by atoms with Gasteiger partial charge < -0.3 is 5.32 Å². The largest absolute Gasteiger partial charge is 0.313 e. The molecule has 0 aromatic carbocycles. The molecule has 0 saturated heterocycles. The third kappa shape index (κ3) is 2.56. The van der Waals surface area contributed by atoms with Crippen LogP contribution in [0.3, 0.4) is 0 Å². The van der Waals surface area contributed by atoms with Gasteiger partial charge in [-0.15, -0.1) is 11.3 Å². The highest BCUT2D eigenvalue weighted by Crippen LogP contribution is 2.41. The number of aromatic nitrogens is 2. The van der Waals surface area contributed by atoms with Crippen molar-refractivity contribution in [2.24, 2.45) is 5.41 Å². The lowest BCUT2D eigenvalue weighted by molar-refractivity contribution is 0.221. The van der Waals surface area contributed by atoms with Crippen LogP contribution in [0, 0.1) is 5.41 Å². The van der Waals surface area contributed by atoms with Crippen molar-refractivity contribution < 1.29 is 0 Å². The van der Waals surface area contributed by atoms with E-state index in [1.54, 1.807) is 11.3 Å². The number of hydrogen-bond acceptors (Lipinski definition) is 3. The third-order valence-electron chi connectivity index (χ3n) is 4.59. The molecule has 3 nitrogen and oxygen atoms in total. The average molecular weight is 277 g/mol. The summed E-state index contributed by atoms with van der Waals surface area (Å²) in [5.41, 5.74) is 1.68. The number of nitrogens with one attached hydrogen (secondary N) is 1. The lowest BCUT2D eigenvalue weighted by Gasteiger charge is -2.34. The molecule has 0 amide bonds. The fourth-order valence-corrected chi connectivity index (χ4v) is 4.15. The van der Waals surface area contributed by atoms with Gasteiger partial charge in [0.25, 0.3) is 0 Å². The van der Waals surface area contributed by atoms with Crippen LogP contribution in [-0.2, 0) is 6.42 Å². The van der Waals surface area contributed by atoms with Crippen LogP contribution in [0.1, 0.15) is 45.2 Å². The van der Waals surface area contributed by atoms with E-state index in [1.165, 1.54) is 31.4 Å². The van der Waals surface area contributed by atoms with Gasteiger partial charge in [0.1, 0.15) is 0 Å². The summed E-state index contributed by atoms with van der Waals surface area (Å²) in [6.45, 7) is 5.70. The molecular weight excluding hydrogens is 254 g/mol. The minimum atomic E-state index is 0.451. The van der Waals surface area contributed by atoms with Gasteiger partial charge in [-0.05, 0) is 24.8 Å². The summed E-state index contributed by atoms with van der Waals surface area (Å²) >= 11 is 1.71. The van der Waals surface area contributed by atoms with E-state index in [4.69, 9.17) is 4.98 Å². The lowest BCUT2D eigenvalue weighted by atomic mass is 9.78. The second-order valence-electron chi connectivity index (χ2n) is 6.00. The minimum Gasteiger partial charge on any atom is -0.313 e. The Morgan fingerprint density at radius 2 is 2.26 bits per heavy atom. The van der Waals surface area contributed by atoms with Crippen molar-refractivity contribution in [1.82, 2.24) is 14.7 Å². The first-order valence-electron chi connectivity index (χ1n) is 7.36. The molecule has 0 spiro atoms. The van der Waals surface area contributed by atoms with Crippen LogP contribution in [0.15, 0.2) is 17.8 Å². The third-order valence-corrected chi connectivity index (χ3v) is 5.36. The Kier molecular flexibility index (Phi) is 3.63. The molecule has 3 rings (SSSR count). The molecule has 2 heterocycles. The molecule has 19 heavy (non-hydrogen) atoms. The number of fused-ring (bicyclic) bond motifs is 1. The highest BCUT2D eigenvalue weighted by Gasteiger charge is 2.36. The van der Waals surface area contributed by atoms with E-state index in [-0.39, 0.29) is 0 Å². The van der Waals surface area contributed by atoms with Gasteiger partial charge in [0, 0.05) is 30.2 Å². The Morgan fingerprint density at radius 1 is 1.47 bits per heavy atom. The van der Waals surface area contributed by atoms with E-state index in [2.05, 4.69) is 41.3 Å². The summed E-state index contributed by atoms with van der Waals surface area (Å²) in [5, 5.41) is 5.79. The van der Waals surface area contributed by atoms with Gasteiger partial charge in [-0.3, -0.25) is 4.40 Å². The summed E-state index contributed by atoms with van der Waals surface area (Å²) in [4.78, 5) is 5.85. The van der Waals surface area contributed by atoms with Crippen molar-refractivity contribution in [1.29, 1.82) is 0 Å². The molecule has 0 bridgehead atoms. The van der Waals surface area contributed by atoms with E-state index in [0.717, 1.165) is 17.9 Å². The molecule has 1 aliphatic carbocycles. The summed E-state index contributed by atoms with van der Waals surface area (Å²) in [7, 11) is 0. The Balaban J connectivity index is 1.78. The number of thiazole rings is 1. The first kappa shape index (κ1) is 13.1. The summed E-state index contributed by atoms with van der Waals surface area (Å²) < 4.78 is 2.14. The number of likely N-dealkylation sites (N-methyl/N-ethyl adjacent to an activating group) is 1. The van der Waals surface area contributed by atoms with Crippen LogP contribution >= 0.6 is 11.3 Å². The van der Waals surface area contributed by atoms with Gasteiger partial charge in [-0.2, -0.15) is 0 Å². The number of rotatable bonds is 5. The van der Waals surface area contributed by atoms with Gasteiger partial charge >= 0.3 is 0 Å². The van der Waals surface area contributed by atoms with Crippen molar-refractivity contribution in [2.75, 3.05) is 6.54 Å². The lowest BCUT2D eigenvalue weighted by Crippen LogP contribution is -2.43. The zero-order valence-electron chi connectivity index (χ0n) is 11.9. The number of nitrogens with zero attached hydrogens (tertiary/aromatic N) is 2. The monoisotopic (exact) mass is 277 g/mol. The zero-order valence-corrected chi connectivity index (χ0v) is 12.7. The normalized spacial score (nSPS) is 20.1. The number of hydrogen-bond donors (Lipinski definition) is 1. The summed E-state index contributed by atoms with van der Waals surface area (Å²) in [6.07, 6.45) is 10.8. The molecule has 0 radical (unpaired) electrons. The average Bonchev–Trinajstić information content (AvgIpc) is 3.04. The molecule has 1 atom stereocenters. The molecule has 1 aliphatic rings. The van der Waals surface area contributed by atoms with Crippen LogP contribution < -0.4 is 5.32 Å². The van der Waals surface area contributed by atoms with Crippen molar-refractivity contribution in [3.63, 3.8) is 0 Å². The van der Waals surface area contributed by atoms with Crippen molar-refractivity contribution in [3.05, 3.63) is 23.5 Å². The fraction of sp³-hybridized carbons (Fsp3) is 0.667. The van der Waals surface area contributed by atoms with Crippen LogP contribution in [0.2, 0.25) is 0 Å². The second kappa shape index (κ2) is 5.25. The maximum atomic E-state index is 4.74. The van der Waals surface area contributed by atoms with Crippen molar-refractivity contribution >= 4 is 16.3 Å². The second-order valence-corrected chi connectivity index (χ2v) is 6.87. The van der Waals surface area contributed by atoms with Gasteiger partial charge in [-0.25, -0.2) is 4.98 Å². The van der Waals surface area contributed by atoms with Gasteiger partial charge in [0.15, 0.2) is 4.96 Å². The Morgan fingerprint density at radius 3 is 2.95 bits per heavy atom. The number of imidazole rings is 1. The van der Waals surface area contributed by atoms with Crippen LogP contribution in [0.4, 0.5) is 0 Å². The molecule has 0 aliphatic heterocycles. The van der Waals surface area contributed by atoms with Gasteiger partial charge in [0.05, 0.1) is 5.69 Å². The molecule has 1 fully saturated rings. The SMILES string of the molecule is CCNC(Cc1cn2ccsc2n1)C1(C)CCCC1. The predicted molar refractivity (Wildman–Crippen MR) is 80.8 cm³/mol. The standard InChI is InChI=1S/C15H23N3S/c1-3-16-13(15(2)6-4-5-7-15)10-12-11-18-8-9-19-14(18)17-12/h8-9,11,13,16H,3-7,10H2,1-2H3. The van der Waals surface area contributed by atoms with Crippen molar-refractivity contribution in [2.45, 2.75) is 52.0 Å². The predicted octanol–water partition coefficient (Wildman–Crippen LogP) is 3.50. The first-order chi connectivity index (χ1) is 9.21. The summed E-state index contributed by atoms with van der Waals surface area (Å²) in [6, 6.07) is 0.560. The molecule has 1 unspecified atom stereocenters. The highest BCUT2D eigenvalue weighted by atomic mass is 32.1. The minimum absolute atomic E-state index is 0.451. The first-order valence-corrected chi connectivity index (χ1v) is 8.24. The van der Waals surface area contributed by atoms with Crippen molar-refractivity contribution in [3.8, 4) is 0 Å². The smallest absolute Gasteiger partial charge is 0.193 e. The molecular formula is C15H23N3S. The van der Waals surface area contributed by atoms with Crippen LogP contribution in [0.5, 0.6) is 0 Å². The Labute approximate surface area is 119 Å². The van der Waals surface area contributed by atoms with E-state index in [9.17, 15) is 0 Å². The Bertz CT molecular complexity index is 508. The fourth-order valence-electron chi connectivity index (χ4n) is 3.43. The van der Waals surface area contributed by atoms with E-state index < -0.39 is 0 Å². The molecule has 104 valence electrons. The van der Waals surface area contributed by atoms with Gasteiger partial charge in [-0.1, -0.05) is 26.7 Å². The topological polar surface area (TPSA) is 29.3 Å². The van der Waals surface area contributed by atoms with E-state index >= 15 is 0 Å². The van der Waals surface area contributed by atoms with E-state index in [1.807, 2.05) is 0 Å². The molecule has 1 N–H and O–H groups in total. The maximum absolute atomic E-state index is 4.74. The van der Waals surface area contributed by atoms with Gasteiger partial charge in [0.2, 0.25) is 0 Å². The molecule has 2 aromatic heterocycles. The molecule has 4 heteroatoms. The quantitative estimate of drug-likeness (QED) is 0.906. The van der Waals surface area contributed by atoms with Crippen LogP contribution in [0.25, 0.3) is 4.96 Å². The summed E-state index contributed by atoms with van der Waals surface area (Å²) in [5.74, 6) is 0. The maximum Gasteiger partial charge on any atom is 0.193 e. The molecule has 2 aromatic rings.